The molecule has 2 fully saturated rings. The highest BCUT2D eigenvalue weighted by molar-refractivity contribution is 7.89. The van der Waals surface area contributed by atoms with Gasteiger partial charge in [-0.3, -0.25) is 4.79 Å². The lowest BCUT2D eigenvalue weighted by atomic mass is 10.2. The normalized spacial score (nSPS) is 19.7. The summed E-state index contributed by atoms with van der Waals surface area (Å²) in [5, 5.41) is 12.2. The smallest absolute Gasteiger partial charge is 0.263 e. The molecule has 1 saturated heterocycles. The highest BCUT2D eigenvalue weighted by Gasteiger charge is 2.28. The van der Waals surface area contributed by atoms with Crippen LogP contribution in [-0.2, 0) is 14.8 Å². The minimum Gasteiger partial charge on any atom is -0.373 e. The molecule has 0 radical (unpaired) electrons. The summed E-state index contributed by atoms with van der Waals surface area (Å²) in [4.78, 5) is 14.4. The van der Waals surface area contributed by atoms with Gasteiger partial charge in [-0.25, -0.2) is 8.42 Å². The molecule has 1 amide bonds. The van der Waals surface area contributed by atoms with Gasteiger partial charge in [0.2, 0.25) is 10.0 Å². The standard InChI is InChI=1S/C19H24N4O3S/c20-14-16(19(24)21-17-6-4-5-7-17)15-22-10-12-23(13-11-22)27(25,26)18-8-2-1-3-9-18/h1-3,8-9,15,17H,4-7,10-13H2,(H,21,24)/b16-15-. The zero-order chi connectivity index (χ0) is 19.3. The van der Waals surface area contributed by atoms with E-state index in [1.54, 1.807) is 36.5 Å². The molecule has 1 aliphatic carbocycles. The third-order valence-electron chi connectivity index (χ3n) is 5.02. The van der Waals surface area contributed by atoms with Crippen molar-refractivity contribution in [3.63, 3.8) is 0 Å². The number of amides is 1. The fraction of sp³-hybridized carbons (Fsp3) is 0.474. The third kappa shape index (κ3) is 4.67. The average Bonchev–Trinajstić information content (AvgIpc) is 3.20. The Morgan fingerprint density at radius 2 is 1.74 bits per heavy atom. The summed E-state index contributed by atoms with van der Waals surface area (Å²) in [7, 11) is -3.51. The predicted molar refractivity (Wildman–Crippen MR) is 101 cm³/mol. The van der Waals surface area contributed by atoms with Gasteiger partial charge in [-0.1, -0.05) is 31.0 Å². The van der Waals surface area contributed by atoms with Crippen LogP contribution in [0.5, 0.6) is 0 Å². The Morgan fingerprint density at radius 1 is 1.11 bits per heavy atom. The van der Waals surface area contributed by atoms with Crippen molar-refractivity contribution in [3.05, 3.63) is 42.1 Å². The van der Waals surface area contributed by atoms with Crippen LogP contribution < -0.4 is 5.32 Å². The highest BCUT2D eigenvalue weighted by atomic mass is 32.2. The second-order valence-corrected chi connectivity index (χ2v) is 8.80. The summed E-state index contributed by atoms with van der Waals surface area (Å²) < 4.78 is 26.7. The first kappa shape index (κ1) is 19.4. The Kier molecular flexibility index (Phi) is 6.14. The lowest BCUT2D eigenvalue weighted by molar-refractivity contribution is -0.117. The van der Waals surface area contributed by atoms with Crippen LogP contribution >= 0.6 is 0 Å². The van der Waals surface area contributed by atoms with Crippen molar-refractivity contribution in [3.8, 4) is 6.07 Å². The summed E-state index contributed by atoms with van der Waals surface area (Å²) in [6.07, 6.45) is 5.68. The number of carbonyl (C=O) groups excluding carboxylic acids is 1. The molecular formula is C19H24N4O3S. The van der Waals surface area contributed by atoms with Gasteiger partial charge in [0.15, 0.2) is 0 Å². The Morgan fingerprint density at radius 3 is 2.33 bits per heavy atom. The molecular weight excluding hydrogens is 364 g/mol. The van der Waals surface area contributed by atoms with Crippen molar-refractivity contribution in [2.45, 2.75) is 36.6 Å². The molecule has 0 aromatic heterocycles. The lowest BCUT2D eigenvalue weighted by Crippen LogP contribution is -2.47. The minimum absolute atomic E-state index is 0.0706. The van der Waals surface area contributed by atoms with Crippen LogP contribution in [0.2, 0.25) is 0 Å². The first-order valence-electron chi connectivity index (χ1n) is 9.23. The number of nitrogens with zero attached hydrogens (tertiary/aromatic N) is 3. The molecule has 1 aliphatic heterocycles. The molecule has 1 aromatic rings. The first-order chi connectivity index (χ1) is 13.0. The molecule has 0 bridgehead atoms. The second-order valence-electron chi connectivity index (χ2n) is 6.86. The molecule has 7 nitrogen and oxygen atoms in total. The van der Waals surface area contributed by atoms with Crippen LogP contribution in [0.25, 0.3) is 0 Å². The van der Waals surface area contributed by atoms with E-state index in [1.165, 1.54) is 4.31 Å². The predicted octanol–water partition coefficient (Wildman–Crippen LogP) is 1.46. The number of carbonyl (C=O) groups is 1. The maximum atomic E-state index is 12.6. The van der Waals surface area contributed by atoms with Crippen molar-refractivity contribution in [1.29, 1.82) is 5.26 Å². The summed E-state index contributed by atoms with van der Waals surface area (Å²) in [5.74, 6) is -0.344. The number of nitriles is 1. The average molecular weight is 388 g/mol. The first-order valence-corrected chi connectivity index (χ1v) is 10.7. The Balaban J connectivity index is 1.60. The van der Waals surface area contributed by atoms with Gasteiger partial charge in [0.1, 0.15) is 11.6 Å². The van der Waals surface area contributed by atoms with Crippen molar-refractivity contribution >= 4 is 15.9 Å². The lowest BCUT2D eigenvalue weighted by Gasteiger charge is -2.33. The van der Waals surface area contributed by atoms with Crippen molar-refractivity contribution in [2.75, 3.05) is 26.2 Å². The molecule has 0 atom stereocenters. The van der Waals surface area contributed by atoms with Crippen LogP contribution in [0.3, 0.4) is 0 Å². The maximum absolute atomic E-state index is 12.6. The van der Waals surface area contributed by atoms with E-state index in [-0.39, 0.29) is 22.4 Å². The largest absolute Gasteiger partial charge is 0.373 e. The summed E-state index contributed by atoms with van der Waals surface area (Å²) >= 11 is 0. The van der Waals surface area contributed by atoms with Crippen LogP contribution in [0.15, 0.2) is 47.0 Å². The van der Waals surface area contributed by atoms with E-state index < -0.39 is 10.0 Å². The number of benzene rings is 1. The monoisotopic (exact) mass is 388 g/mol. The van der Waals surface area contributed by atoms with Gasteiger partial charge in [-0.05, 0) is 25.0 Å². The van der Waals surface area contributed by atoms with E-state index in [2.05, 4.69) is 5.32 Å². The maximum Gasteiger partial charge on any atom is 0.263 e. The molecule has 3 rings (SSSR count). The Labute approximate surface area is 160 Å². The fourth-order valence-electron chi connectivity index (χ4n) is 3.47. The van der Waals surface area contributed by atoms with Gasteiger partial charge in [0.05, 0.1) is 4.90 Å². The van der Waals surface area contributed by atoms with Crippen LogP contribution in [0.1, 0.15) is 25.7 Å². The number of piperazine rings is 1. The molecule has 1 aromatic carbocycles. The quantitative estimate of drug-likeness (QED) is 0.609. The zero-order valence-corrected chi connectivity index (χ0v) is 16.0. The van der Waals surface area contributed by atoms with Gasteiger partial charge >= 0.3 is 0 Å². The van der Waals surface area contributed by atoms with Crippen molar-refractivity contribution in [1.82, 2.24) is 14.5 Å². The Hall–Kier alpha value is -2.37. The second kappa shape index (κ2) is 8.55. The van der Waals surface area contributed by atoms with E-state index in [4.69, 9.17) is 0 Å². The van der Waals surface area contributed by atoms with E-state index in [0.717, 1.165) is 25.7 Å². The van der Waals surface area contributed by atoms with Crippen molar-refractivity contribution in [2.24, 2.45) is 0 Å². The number of nitrogens with one attached hydrogen (secondary N) is 1. The van der Waals surface area contributed by atoms with E-state index >= 15 is 0 Å². The molecule has 1 N–H and O–H groups in total. The zero-order valence-electron chi connectivity index (χ0n) is 15.2. The van der Waals surface area contributed by atoms with Gasteiger partial charge < -0.3 is 10.2 Å². The molecule has 1 heterocycles. The third-order valence-corrected chi connectivity index (χ3v) is 6.93. The number of sulfonamides is 1. The minimum atomic E-state index is -3.51. The van der Waals surface area contributed by atoms with Crippen LogP contribution in [0.4, 0.5) is 0 Å². The van der Waals surface area contributed by atoms with Gasteiger partial charge in [0.25, 0.3) is 5.91 Å². The van der Waals surface area contributed by atoms with Crippen LogP contribution in [-0.4, -0.2) is 55.8 Å². The number of hydrogen-bond acceptors (Lipinski definition) is 5. The molecule has 2 aliphatic rings. The summed E-state index contributed by atoms with van der Waals surface area (Å²) in [6, 6.07) is 10.5. The summed E-state index contributed by atoms with van der Waals surface area (Å²) in [6.45, 7) is 1.51. The van der Waals surface area contributed by atoms with Gasteiger partial charge in [-0.15, -0.1) is 0 Å². The fourth-order valence-corrected chi connectivity index (χ4v) is 4.91. The molecule has 1 saturated carbocycles. The van der Waals surface area contributed by atoms with E-state index in [9.17, 15) is 18.5 Å². The highest BCUT2D eigenvalue weighted by Crippen LogP contribution is 2.19. The molecule has 8 heteroatoms. The SMILES string of the molecule is N#C/C(=C/N1CCN(S(=O)(=O)c2ccccc2)CC1)C(=O)NC1CCCC1. The van der Waals surface area contributed by atoms with Gasteiger partial charge in [-0.2, -0.15) is 9.57 Å². The van der Waals surface area contributed by atoms with E-state index in [0.29, 0.717) is 26.2 Å². The molecule has 0 unspecified atom stereocenters. The Bertz CT molecular complexity index is 831. The summed E-state index contributed by atoms with van der Waals surface area (Å²) in [5.41, 5.74) is 0.0706. The topological polar surface area (TPSA) is 93.5 Å². The number of rotatable bonds is 5. The molecule has 27 heavy (non-hydrogen) atoms. The molecule has 0 spiro atoms. The number of hydrogen-bond donors (Lipinski definition) is 1. The molecule has 144 valence electrons. The van der Waals surface area contributed by atoms with Crippen LogP contribution in [0, 0.1) is 11.3 Å². The van der Waals surface area contributed by atoms with Crippen molar-refractivity contribution < 1.29 is 13.2 Å². The van der Waals surface area contributed by atoms with Gasteiger partial charge in [0, 0.05) is 38.4 Å². The van der Waals surface area contributed by atoms with E-state index in [1.807, 2.05) is 11.0 Å².